The summed E-state index contributed by atoms with van der Waals surface area (Å²) in [7, 11) is 5.99. The fourth-order valence-corrected chi connectivity index (χ4v) is 2.00. The van der Waals surface area contributed by atoms with E-state index in [1.165, 1.54) is 5.56 Å². The second kappa shape index (κ2) is 9.25. The smallest absolute Gasteiger partial charge is 0.191 e. The van der Waals surface area contributed by atoms with Gasteiger partial charge in [0.05, 0.1) is 6.04 Å². The summed E-state index contributed by atoms with van der Waals surface area (Å²) in [5.41, 5.74) is 1.30. The van der Waals surface area contributed by atoms with E-state index in [0.29, 0.717) is 6.04 Å². The third-order valence-electron chi connectivity index (χ3n) is 2.99. The van der Waals surface area contributed by atoms with E-state index in [2.05, 4.69) is 79.7 Å². The Hall–Kier alpha value is -0.820. The number of rotatable bonds is 4. The summed E-state index contributed by atoms with van der Waals surface area (Å²) < 4.78 is 0. The van der Waals surface area contributed by atoms with Crippen LogP contribution in [0.1, 0.15) is 32.4 Å². The van der Waals surface area contributed by atoms with Gasteiger partial charge in [-0.25, -0.2) is 0 Å². The van der Waals surface area contributed by atoms with Gasteiger partial charge in [0, 0.05) is 19.1 Å². The van der Waals surface area contributed by atoms with Crippen LogP contribution in [0.3, 0.4) is 0 Å². The Bertz CT molecular complexity index is 424. The number of hydrogen-bond acceptors (Lipinski definition) is 2. The van der Waals surface area contributed by atoms with Gasteiger partial charge in [0.25, 0.3) is 0 Å². The number of nitrogens with one attached hydrogen (secondary N) is 2. The molecule has 21 heavy (non-hydrogen) atoms. The first-order valence-electron chi connectivity index (χ1n) is 7.03. The van der Waals surface area contributed by atoms with Crippen LogP contribution in [-0.4, -0.2) is 44.1 Å². The molecule has 0 heterocycles. The van der Waals surface area contributed by atoms with Gasteiger partial charge in [-0.15, -0.1) is 24.0 Å². The number of benzene rings is 1. The maximum atomic E-state index is 4.27. The largest absolute Gasteiger partial charge is 0.354 e. The first-order chi connectivity index (χ1) is 9.33. The van der Waals surface area contributed by atoms with Crippen LogP contribution in [0, 0.1) is 0 Å². The van der Waals surface area contributed by atoms with Crippen LogP contribution in [-0.2, 0) is 0 Å². The van der Waals surface area contributed by atoms with Crippen molar-refractivity contribution in [1.82, 2.24) is 15.5 Å². The van der Waals surface area contributed by atoms with Gasteiger partial charge in [-0.2, -0.15) is 0 Å². The second-order valence-corrected chi connectivity index (χ2v) is 6.22. The number of likely N-dealkylation sites (N-methyl/N-ethyl adjacent to an activating group) is 1. The molecule has 0 aliphatic heterocycles. The van der Waals surface area contributed by atoms with Gasteiger partial charge in [-0.1, -0.05) is 30.3 Å². The predicted molar refractivity (Wildman–Crippen MR) is 103 cm³/mol. The molecular formula is C16H29IN4. The number of hydrogen-bond donors (Lipinski definition) is 2. The summed E-state index contributed by atoms with van der Waals surface area (Å²) in [6.07, 6.45) is 0. The summed E-state index contributed by atoms with van der Waals surface area (Å²) in [4.78, 5) is 6.49. The number of aliphatic imine (C=N–C) groups is 1. The lowest BCUT2D eigenvalue weighted by molar-refractivity contribution is 0.297. The highest BCUT2D eigenvalue weighted by Gasteiger charge is 2.16. The Morgan fingerprint density at radius 2 is 1.76 bits per heavy atom. The highest BCUT2D eigenvalue weighted by Crippen LogP contribution is 2.16. The molecule has 1 aromatic rings. The summed E-state index contributed by atoms with van der Waals surface area (Å²) in [5, 5.41) is 6.78. The third-order valence-corrected chi connectivity index (χ3v) is 2.99. The molecule has 0 aliphatic rings. The molecule has 120 valence electrons. The van der Waals surface area contributed by atoms with Gasteiger partial charge < -0.3 is 15.5 Å². The molecule has 5 heteroatoms. The van der Waals surface area contributed by atoms with E-state index < -0.39 is 0 Å². The van der Waals surface area contributed by atoms with Crippen LogP contribution in [0.5, 0.6) is 0 Å². The zero-order chi connectivity index (χ0) is 15.2. The lowest BCUT2D eigenvalue weighted by atomic mass is 10.1. The molecule has 0 aliphatic carbocycles. The minimum absolute atomic E-state index is 0. The molecule has 1 unspecified atom stereocenters. The molecule has 0 aromatic heterocycles. The van der Waals surface area contributed by atoms with E-state index in [4.69, 9.17) is 0 Å². The number of nitrogens with zero attached hydrogens (tertiary/aromatic N) is 2. The maximum Gasteiger partial charge on any atom is 0.191 e. The van der Waals surface area contributed by atoms with Gasteiger partial charge in [0.15, 0.2) is 5.96 Å². The van der Waals surface area contributed by atoms with Crippen LogP contribution < -0.4 is 10.6 Å². The normalized spacial score (nSPS) is 13.6. The van der Waals surface area contributed by atoms with E-state index in [1.807, 2.05) is 6.07 Å². The molecule has 0 radical (unpaired) electrons. The molecule has 0 saturated heterocycles. The van der Waals surface area contributed by atoms with Crippen molar-refractivity contribution < 1.29 is 0 Å². The quantitative estimate of drug-likeness (QED) is 0.461. The Balaban J connectivity index is 0.00000400. The van der Waals surface area contributed by atoms with Crippen molar-refractivity contribution in [1.29, 1.82) is 0 Å². The van der Waals surface area contributed by atoms with Gasteiger partial charge in [0.2, 0.25) is 0 Å². The van der Waals surface area contributed by atoms with Crippen molar-refractivity contribution in [3.63, 3.8) is 0 Å². The van der Waals surface area contributed by atoms with E-state index in [9.17, 15) is 0 Å². The van der Waals surface area contributed by atoms with Crippen molar-refractivity contribution in [2.75, 3.05) is 27.7 Å². The van der Waals surface area contributed by atoms with Gasteiger partial charge in [-0.05, 0) is 40.4 Å². The summed E-state index contributed by atoms with van der Waals surface area (Å²) in [5.74, 6) is 0.834. The number of halogens is 1. The van der Waals surface area contributed by atoms with Gasteiger partial charge in [-0.3, -0.25) is 4.99 Å². The SMILES string of the molecule is CN=C(NCC(c1ccccc1)N(C)C)NC(C)(C)C.I. The van der Waals surface area contributed by atoms with Crippen LogP contribution in [0.4, 0.5) is 0 Å². The van der Waals surface area contributed by atoms with Gasteiger partial charge >= 0.3 is 0 Å². The molecule has 4 nitrogen and oxygen atoms in total. The number of guanidine groups is 1. The first-order valence-corrected chi connectivity index (χ1v) is 7.03. The Morgan fingerprint density at radius 3 is 2.19 bits per heavy atom. The van der Waals surface area contributed by atoms with Crippen LogP contribution in [0.15, 0.2) is 35.3 Å². The van der Waals surface area contributed by atoms with Crippen molar-refractivity contribution >= 4 is 29.9 Å². The fourth-order valence-electron chi connectivity index (χ4n) is 2.00. The van der Waals surface area contributed by atoms with Crippen molar-refractivity contribution in [3.05, 3.63) is 35.9 Å². The van der Waals surface area contributed by atoms with Crippen LogP contribution in [0.25, 0.3) is 0 Å². The molecule has 0 fully saturated rings. The van der Waals surface area contributed by atoms with E-state index in [1.54, 1.807) is 7.05 Å². The molecule has 1 aromatic carbocycles. The topological polar surface area (TPSA) is 39.7 Å². The maximum absolute atomic E-state index is 4.27. The van der Waals surface area contributed by atoms with E-state index >= 15 is 0 Å². The van der Waals surface area contributed by atoms with Gasteiger partial charge in [0.1, 0.15) is 0 Å². The lowest BCUT2D eigenvalue weighted by Crippen LogP contribution is -2.49. The minimum Gasteiger partial charge on any atom is -0.354 e. The summed E-state index contributed by atoms with van der Waals surface area (Å²) >= 11 is 0. The molecule has 0 spiro atoms. The molecule has 0 bridgehead atoms. The highest BCUT2D eigenvalue weighted by atomic mass is 127. The molecule has 1 rings (SSSR count). The molecule has 1 atom stereocenters. The molecule has 0 amide bonds. The monoisotopic (exact) mass is 404 g/mol. The van der Waals surface area contributed by atoms with E-state index in [-0.39, 0.29) is 29.5 Å². The lowest BCUT2D eigenvalue weighted by Gasteiger charge is -2.28. The van der Waals surface area contributed by atoms with Crippen molar-refractivity contribution in [3.8, 4) is 0 Å². The average Bonchev–Trinajstić information content (AvgIpc) is 2.37. The Morgan fingerprint density at radius 1 is 1.19 bits per heavy atom. The minimum atomic E-state index is 0. The standard InChI is InChI=1S/C16H28N4.HI/c1-16(2,3)19-15(17-4)18-12-14(20(5)6)13-10-8-7-9-11-13;/h7-11,14H,12H2,1-6H3,(H2,17,18,19);1H. The predicted octanol–water partition coefficient (Wildman–Crippen LogP) is 2.87. The second-order valence-electron chi connectivity index (χ2n) is 6.22. The van der Waals surface area contributed by atoms with Crippen molar-refractivity contribution in [2.45, 2.75) is 32.4 Å². The molecule has 0 saturated carbocycles. The zero-order valence-corrected chi connectivity index (χ0v) is 16.3. The van der Waals surface area contributed by atoms with Crippen molar-refractivity contribution in [2.24, 2.45) is 4.99 Å². The zero-order valence-electron chi connectivity index (χ0n) is 14.0. The van der Waals surface area contributed by atoms with Crippen LogP contribution >= 0.6 is 24.0 Å². The average molecular weight is 404 g/mol. The third kappa shape index (κ3) is 7.66. The summed E-state index contributed by atoms with van der Waals surface area (Å²) in [6.45, 7) is 7.19. The fraction of sp³-hybridized carbons (Fsp3) is 0.562. The first kappa shape index (κ1) is 20.2. The molecule has 2 N–H and O–H groups in total. The molecular weight excluding hydrogens is 375 g/mol. The Kier molecular flexibility index (Phi) is 8.89. The summed E-state index contributed by atoms with van der Waals surface area (Å²) in [6, 6.07) is 10.8. The van der Waals surface area contributed by atoms with E-state index in [0.717, 1.165) is 12.5 Å². The highest BCUT2D eigenvalue weighted by molar-refractivity contribution is 14.0. The van der Waals surface area contributed by atoms with Crippen LogP contribution in [0.2, 0.25) is 0 Å². The Labute approximate surface area is 146 Å².